The molecule has 0 spiro atoms. The average molecular weight is 329 g/mol. The van der Waals surface area contributed by atoms with Crippen molar-refractivity contribution < 1.29 is 9.18 Å². The van der Waals surface area contributed by atoms with Gasteiger partial charge in [0, 0.05) is 18.2 Å². The van der Waals surface area contributed by atoms with Crippen LogP contribution >= 0.6 is 27.5 Å². The van der Waals surface area contributed by atoms with Crippen LogP contribution in [0.5, 0.6) is 0 Å². The van der Waals surface area contributed by atoms with Crippen molar-refractivity contribution in [1.29, 1.82) is 0 Å². The molecule has 0 bridgehead atoms. The van der Waals surface area contributed by atoms with Crippen molar-refractivity contribution in [2.75, 3.05) is 0 Å². The molecule has 92 valence electrons. The van der Waals surface area contributed by atoms with Gasteiger partial charge in [-0.3, -0.25) is 4.79 Å². The van der Waals surface area contributed by atoms with E-state index in [0.29, 0.717) is 10.0 Å². The quantitative estimate of drug-likeness (QED) is 0.628. The summed E-state index contributed by atoms with van der Waals surface area (Å²) >= 11 is 8.80. The number of carbonyl (C=O) groups excluding carboxylic acids is 1. The summed E-state index contributed by atoms with van der Waals surface area (Å²) < 4.78 is 13.4. The maximum atomic E-state index is 13.1. The molecule has 1 heterocycles. The summed E-state index contributed by atoms with van der Waals surface area (Å²) in [5.41, 5.74) is 1.23. The van der Waals surface area contributed by atoms with Crippen molar-refractivity contribution in [2.24, 2.45) is 0 Å². The molecule has 2 rings (SSSR count). The summed E-state index contributed by atoms with van der Waals surface area (Å²) in [4.78, 5) is 15.8. The first-order valence-corrected chi connectivity index (χ1v) is 6.32. The minimum atomic E-state index is -0.349. The van der Waals surface area contributed by atoms with Crippen molar-refractivity contribution in [1.82, 2.24) is 4.98 Å². The van der Waals surface area contributed by atoms with Gasteiger partial charge < -0.3 is 0 Å². The Morgan fingerprint density at radius 2 is 2.11 bits per heavy atom. The number of halogens is 3. The fourth-order valence-corrected chi connectivity index (χ4v) is 2.11. The molecular weight excluding hydrogens is 321 g/mol. The molecule has 2 aromatic rings. The second-order valence-corrected chi connectivity index (χ2v) is 4.96. The smallest absolute Gasteiger partial charge is 0.167 e. The van der Waals surface area contributed by atoms with Crippen LogP contribution in [0, 0.1) is 5.82 Å². The Kier molecular flexibility index (Phi) is 4.09. The van der Waals surface area contributed by atoms with Crippen LogP contribution in [0.4, 0.5) is 4.39 Å². The molecule has 0 unspecified atom stereocenters. The highest BCUT2D eigenvalue weighted by molar-refractivity contribution is 9.10. The molecule has 0 saturated heterocycles. The van der Waals surface area contributed by atoms with Gasteiger partial charge in [0.25, 0.3) is 0 Å². The van der Waals surface area contributed by atoms with Crippen LogP contribution in [-0.4, -0.2) is 10.8 Å². The number of benzene rings is 1. The van der Waals surface area contributed by atoms with Crippen molar-refractivity contribution >= 4 is 33.3 Å². The van der Waals surface area contributed by atoms with E-state index in [9.17, 15) is 9.18 Å². The standard InChI is InChI=1S/C13H8BrClFNO/c14-10-5-8(1-2-11(10)16)6-12(18)9-3-4-17-13(15)7-9/h1-5,7H,6H2. The summed E-state index contributed by atoms with van der Waals surface area (Å²) in [5.74, 6) is -0.434. The highest BCUT2D eigenvalue weighted by Gasteiger charge is 2.09. The van der Waals surface area contributed by atoms with E-state index in [1.54, 1.807) is 18.2 Å². The lowest BCUT2D eigenvalue weighted by molar-refractivity contribution is 0.0993. The molecule has 18 heavy (non-hydrogen) atoms. The van der Waals surface area contributed by atoms with E-state index in [4.69, 9.17) is 11.6 Å². The topological polar surface area (TPSA) is 30.0 Å². The summed E-state index contributed by atoms with van der Waals surface area (Å²) in [6.07, 6.45) is 1.68. The molecule has 0 fully saturated rings. The van der Waals surface area contributed by atoms with Crippen LogP contribution in [0.3, 0.4) is 0 Å². The van der Waals surface area contributed by atoms with E-state index < -0.39 is 0 Å². The number of Topliss-reactive ketones (excluding diaryl/α,β-unsaturated/α-hetero) is 1. The summed E-state index contributed by atoms with van der Waals surface area (Å²) in [6.45, 7) is 0. The second kappa shape index (κ2) is 5.59. The van der Waals surface area contributed by atoms with Crippen molar-refractivity contribution in [3.8, 4) is 0 Å². The average Bonchev–Trinajstić information content (AvgIpc) is 2.34. The lowest BCUT2D eigenvalue weighted by atomic mass is 10.0. The normalized spacial score (nSPS) is 10.4. The number of pyridine rings is 1. The Bertz CT molecular complexity index is 603. The maximum absolute atomic E-state index is 13.1. The maximum Gasteiger partial charge on any atom is 0.167 e. The molecule has 0 atom stereocenters. The van der Waals surface area contributed by atoms with Crippen LogP contribution in [0.25, 0.3) is 0 Å². The minimum Gasteiger partial charge on any atom is -0.294 e. The van der Waals surface area contributed by atoms with E-state index in [2.05, 4.69) is 20.9 Å². The molecule has 1 aromatic carbocycles. The molecule has 0 amide bonds. The van der Waals surface area contributed by atoms with Gasteiger partial charge in [-0.25, -0.2) is 9.37 Å². The predicted molar refractivity (Wildman–Crippen MR) is 71.4 cm³/mol. The summed E-state index contributed by atoms with van der Waals surface area (Å²) in [7, 11) is 0. The predicted octanol–water partition coefficient (Wildman–Crippen LogP) is 4.06. The fraction of sp³-hybridized carbons (Fsp3) is 0.0769. The SMILES string of the molecule is O=C(Cc1ccc(F)c(Br)c1)c1ccnc(Cl)c1. The highest BCUT2D eigenvalue weighted by atomic mass is 79.9. The van der Waals surface area contributed by atoms with Gasteiger partial charge in [0.1, 0.15) is 11.0 Å². The first-order chi connectivity index (χ1) is 8.56. The Morgan fingerprint density at radius 1 is 1.33 bits per heavy atom. The molecule has 0 aliphatic heterocycles. The van der Waals surface area contributed by atoms with Crippen LogP contribution < -0.4 is 0 Å². The molecule has 1 aromatic heterocycles. The van der Waals surface area contributed by atoms with Gasteiger partial charge in [-0.05, 0) is 45.8 Å². The molecule has 0 saturated carbocycles. The van der Waals surface area contributed by atoms with Crippen LogP contribution in [0.2, 0.25) is 5.15 Å². The molecule has 0 radical (unpaired) electrons. The highest BCUT2D eigenvalue weighted by Crippen LogP contribution is 2.18. The fourth-order valence-electron chi connectivity index (χ4n) is 1.51. The van der Waals surface area contributed by atoms with E-state index in [-0.39, 0.29) is 23.2 Å². The zero-order valence-electron chi connectivity index (χ0n) is 9.16. The van der Waals surface area contributed by atoms with E-state index >= 15 is 0 Å². The first-order valence-electron chi connectivity index (χ1n) is 5.15. The molecule has 2 nitrogen and oxygen atoms in total. The number of hydrogen-bond acceptors (Lipinski definition) is 2. The van der Waals surface area contributed by atoms with Crippen molar-refractivity contribution in [2.45, 2.75) is 6.42 Å². The molecule has 0 aliphatic rings. The summed E-state index contributed by atoms with van der Waals surface area (Å²) in [6, 6.07) is 7.62. The lowest BCUT2D eigenvalue weighted by Crippen LogP contribution is -2.04. The molecular formula is C13H8BrClFNO. The van der Waals surface area contributed by atoms with Gasteiger partial charge >= 0.3 is 0 Å². The van der Waals surface area contributed by atoms with Gasteiger partial charge in [0.05, 0.1) is 4.47 Å². The number of rotatable bonds is 3. The summed E-state index contributed by atoms with van der Waals surface area (Å²) in [5, 5.41) is 0.279. The molecule has 0 N–H and O–H groups in total. The number of aromatic nitrogens is 1. The van der Waals surface area contributed by atoms with Crippen molar-refractivity contribution in [3.63, 3.8) is 0 Å². The largest absolute Gasteiger partial charge is 0.294 e. The number of carbonyl (C=O) groups is 1. The van der Waals surface area contributed by atoms with Crippen LogP contribution in [0.15, 0.2) is 41.0 Å². The number of ketones is 1. The molecule has 0 aliphatic carbocycles. The first kappa shape index (κ1) is 13.2. The number of hydrogen-bond donors (Lipinski definition) is 0. The second-order valence-electron chi connectivity index (χ2n) is 3.72. The van der Waals surface area contributed by atoms with Gasteiger partial charge in [-0.15, -0.1) is 0 Å². The van der Waals surface area contributed by atoms with Gasteiger partial charge in [0.15, 0.2) is 5.78 Å². The Balaban J connectivity index is 2.18. The van der Waals surface area contributed by atoms with Crippen LogP contribution in [0.1, 0.15) is 15.9 Å². The zero-order chi connectivity index (χ0) is 13.1. The third-order valence-electron chi connectivity index (χ3n) is 2.40. The monoisotopic (exact) mass is 327 g/mol. The van der Waals surface area contributed by atoms with E-state index in [1.807, 2.05) is 0 Å². The van der Waals surface area contributed by atoms with E-state index in [1.165, 1.54) is 18.3 Å². The Morgan fingerprint density at radius 3 is 2.78 bits per heavy atom. The number of nitrogens with zero attached hydrogens (tertiary/aromatic N) is 1. The van der Waals surface area contributed by atoms with Gasteiger partial charge in [-0.1, -0.05) is 17.7 Å². The minimum absolute atomic E-state index is 0.0854. The van der Waals surface area contributed by atoms with E-state index in [0.717, 1.165) is 5.56 Å². The molecule has 5 heteroatoms. The Hall–Kier alpha value is -1.26. The zero-order valence-corrected chi connectivity index (χ0v) is 11.5. The van der Waals surface area contributed by atoms with Gasteiger partial charge in [-0.2, -0.15) is 0 Å². The Labute approximate surface area is 117 Å². The van der Waals surface area contributed by atoms with Crippen molar-refractivity contribution in [3.05, 3.63) is 63.1 Å². The lowest BCUT2D eigenvalue weighted by Gasteiger charge is -2.03. The third kappa shape index (κ3) is 3.15. The third-order valence-corrected chi connectivity index (χ3v) is 3.21. The van der Waals surface area contributed by atoms with Gasteiger partial charge in [0.2, 0.25) is 0 Å². The van der Waals surface area contributed by atoms with Crippen LogP contribution in [-0.2, 0) is 6.42 Å².